The third-order valence-electron chi connectivity index (χ3n) is 5.10. The molecule has 0 aromatic heterocycles. The zero-order valence-corrected chi connectivity index (χ0v) is 13.8. The van der Waals surface area contributed by atoms with E-state index in [0.717, 1.165) is 12.5 Å². The average molecular weight is 337 g/mol. The van der Waals surface area contributed by atoms with E-state index in [1.54, 1.807) is 0 Å². The summed E-state index contributed by atoms with van der Waals surface area (Å²) in [4.78, 5) is 0.506. The average Bonchev–Trinajstić information content (AvgIpc) is 2.93. The highest BCUT2D eigenvalue weighted by atomic mass is 79.9. The molecule has 2 fully saturated rings. The summed E-state index contributed by atoms with van der Waals surface area (Å²) in [5, 5.41) is 0. The molecule has 2 unspecified atom stereocenters. The Morgan fingerprint density at radius 1 is 1.20 bits per heavy atom. The maximum Gasteiger partial charge on any atom is 0.0685 e. The Bertz CT molecular complexity index is 411. The first-order chi connectivity index (χ1) is 9.77. The van der Waals surface area contributed by atoms with Gasteiger partial charge in [0.15, 0.2) is 0 Å². The number of alkyl halides is 1. The van der Waals surface area contributed by atoms with Crippen molar-refractivity contribution in [3.63, 3.8) is 0 Å². The largest absolute Gasteiger partial charge is 0.375 e. The van der Waals surface area contributed by atoms with Gasteiger partial charge in [-0.15, -0.1) is 0 Å². The summed E-state index contributed by atoms with van der Waals surface area (Å²) in [6.45, 7) is 0.989. The van der Waals surface area contributed by atoms with Crippen LogP contribution >= 0.6 is 15.9 Å². The van der Waals surface area contributed by atoms with Crippen LogP contribution in [0, 0.1) is 5.92 Å². The van der Waals surface area contributed by atoms with Crippen LogP contribution in [0.15, 0.2) is 30.3 Å². The van der Waals surface area contributed by atoms with Gasteiger partial charge in [-0.25, -0.2) is 0 Å². The lowest BCUT2D eigenvalue weighted by Gasteiger charge is -2.38. The summed E-state index contributed by atoms with van der Waals surface area (Å²) >= 11 is 3.86. The Morgan fingerprint density at radius 2 is 1.95 bits per heavy atom. The predicted octanol–water partition coefficient (Wildman–Crippen LogP) is 5.64. The second-order valence-corrected chi connectivity index (χ2v) is 7.66. The summed E-state index contributed by atoms with van der Waals surface area (Å²) in [7, 11) is 0. The highest BCUT2D eigenvalue weighted by molar-refractivity contribution is 9.09. The second kappa shape index (κ2) is 6.62. The van der Waals surface area contributed by atoms with Gasteiger partial charge in [0.25, 0.3) is 0 Å². The molecule has 1 spiro atoms. The van der Waals surface area contributed by atoms with Gasteiger partial charge in [-0.05, 0) is 50.0 Å². The standard InChI is InChI=1S/C18H25BrO/c19-17(16-6-2-1-3-7-16)9-8-15-10-13-20-18(14-15)11-4-5-12-18/h1-3,6-7,15,17H,4-5,8-14H2. The molecule has 1 nitrogen and oxygen atoms in total. The van der Waals surface area contributed by atoms with Crippen molar-refractivity contribution in [3.8, 4) is 0 Å². The lowest BCUT2D eigenvalue weighted by molar-refractivity contribution is -0.0938. The second-order valence-electron chi connectivity index (χ2n) is 6.55. The molecule has 1 heterocycles. The van der Waals surface area contributed by atoms with Crippen molar-refractivity contribution in [3.05, 3.63) is 35.9 Å². The van der Waals surface area contributed by atoms with Gasteiger partial charge in [-0.3, -0.25) is 0 Å². The Labute approximate surface area is 131 Å². The van der Waals surface area contributed by atoms with Gasteiger partial charge in [0.1, 0.15) is 0 Å². The fraction of sp³-hybridized carbons (Fsp3) is 0.667. The van der Waals surface area contributed by atoms with Crippen LogP contribution in [0.3, 0.4) is 0 Å². The summed E-state index contributed by atoms with van der Waals surface area (Å²) in [5.74, 6) is 0.866. The topological polar surface area (TPSA) is 9.23 Å². The van der Waals surface area contributed by atoms with Crippen LogP contribution in [0.2, 0.25) is 0 Å². The molecule has 1 aromatic rings. The summed E-state index contributed by atoms with van der Waals surface area (Å²) in [6, 6.07) is 10.8. The van der Waals surface area contributed by atoms with Crippen molar-refractivity contribution in [1.29, 1.82) is 0 Å². The van der Waals surface area contributed by atoms with E-state index in [9.17, 15) is 0 Å². The van der Waals surface area contributed by atoms with Crippen LogP contribution in [0.5, 0.6) is 0 Å². The molecule has 1 aromatic carbocycles. The lowest BCUT2D eigenvalue weighted by atomic mass is 9.82. The minimum absolute atomic E-state index is 0.275. The molecular weight excluding hydrogens is 312 g/mol. The van der Waals surface area contributed by atoms with Crippen LogP contribution in [-0.2, 0) is 4.74 Å². The van der Waals surface area contributed by atoms with Gasteiger partial charge >= 0.3 is 0 Å². The maximum absolute atomic E-state index is 6.14. The van der Waals surface area contributed by atoms with Crippen molar-refractivity contribution in [2.45, 2.75) is 61.8 Å². The zero-order valence-electron chi connectivity index (χ0n) is 12.2. The van der Waals surface area contributed by atoms with Gasteiger partial charge in [0.2, 0.25) is 0 Å². The van der Waals surface area contributed by atoms with Gasteiger partial charge < -0.3 is 4.74 Å². The Morgan fingerprint density at radius 3 is 2.70 bits per heavy atom. The van der Waals surface area contributed by atoms with Crippen LogP contribution in [0.25, 0.3) is 0 Å². The van der Waals surface area contributed by atoms with E-state index >= 15 is 0 Å². The van der Waals surface area contributed by atoms with Gasteiger partial charge in [0, 0.05) is 11.4 Å². The molecule has 20 heavy (non-hydrogen) atoms. The fourth-order valence-corrected chi connectivity index (χ4v) is 4.52. The number of benzene rings is 1. The molecule has 1 aliphatic carbocycles. The predicted molar refractivity (Wildman–Crippen MR) is 87.2 cm³/mol. The Hall–Kier alpha value is -0.340. The van der Waals surface area contributed by atoms with Crippen molar-refractivity contribution in [2.75, 3.05) is 6.61 Å². The number of ether oxygens (including phenoxy) is 1. The summed E-state index contributed by atoms with van der Waals surface area (Å²) in [6.07, 6.45) is 10.5. The number of hydrogen-bond donors (Lipinski definition) is 0. The van der Waals surface area contributed by atoms with Crippen LogP contribution in [0.4, 0.5) is 0 Å². The van der Waals surface area contributed by atoms with E-state index in [0.29, 0.717) is 4.83 Å². The molecule has 0 bridgehead atoms. The molecule has 1 saturated heterocycles. The minimum Gasteiger partial charge on any atom is -0.375 e. The molecule has 0 amide bonds. The van der Waals surface area contributed by atoms with Crippen LogP contribution in [-0.4, -0.2) is 12.2 Å². The van der Waals surface area contributed by atoms with Crippen molar-refractivity contribution in [1.82, 2.24) is 0 Å². The van der Waals surface area contributed by atoms with E-state index in [1.807, 2.05) is 0 Å². The van der Waals surface area contributed by atoms with E-state index < -0.39 is 0 Å². The monoisotopic (exact) mass is 336 g/mol. The highest BCUT2D eigenvalue weighted by Gasteiger charge is 2.39. The number of hydrogen-bond acceptors (Lipinski definition) is 1. The van der Waals surface area contributed by atoms with Gasteiger partial charge in [-0.2, -0.15) is 0 Å². The molecule has 110 valence electrons. The first-order valence-electron chi connectivity index (χ1n) is 8.10. The molecule has 2 atom stereocenters. The quantitative estimate of drug-likeness (QED) is 0.646. The smallest absolute Gasteiger partial charge is 0.0685 e. The third kappa shape index (κ3) is 3.46. The van der Waals surface area contributed by atoms with E-state index in [4.69, 9.17) is 4.74 Å². The normalized spacial score (nSPS) is 26.8. The molecule has 3 rings (SSSR count). The lowest BCUT2D eigenvalue weighted by Crippen LogP contribution is -2.37. The SMILES string of the molecule is BrC(CCC1CCOC2(CCCC2)C1)c1ccccc1. The van der Waals surface area contributed by atoms with E-state index in [-0.39, 0.29) is 5.60 Å². The Balaban J connectivity index is 1.51. The molecule has 1 aliphatic heterocycles. The fourth-order valence-electron chi connectivity index (χ4n) is 3.95. The van der Waals surface area contributed by atoms with Crippen molar-refractivity contribution < 1.29 is 4.74 Å². The first-order valence-corrected chi connectivity index (χ1v) is 9.02. The molecular formula is C18H25BrO. The van der Waals surface area contributed by atoms with Gasteiger partial charge in [-0.1, -0.05) is 59.1 Å². The van der Waals surface area contributed by atoms with Crippen molar-refractivity contribution in [2.24, 2.45) is 5.92 Å². The van der Waals surface area contributed by atoms with Crippen LogP contribution in [0.1, 0.15) is 61.8 Å². The van der Waals surface area contributed by atoms with Gasteiger partial charge in [0.05, 0.1) is 5.60 Å². The molecule has 0 radical (unpaired) electrons. The van der Waals surface area contributed by atoms with E-state index in [1.165, 1.54) is 56.9 Å². The molecule has 1 saturated carbocycles. The molecule has 0 N–H and O–H groups in total. The number of halogens is 1. The first kappa shape index (κ1) is 14.6. The highest BCUT2D eigenvalue weighted by Crippen LogP contribution is 2.44. The third-order valence-corrected chi connectivity index (χ3v) is 6.09. The Kier molecular flexibility index (Phi) is 4.83. The minimum atomic E-state index is 0.275. The summed E-state index contributed by atoms with van der Waals surface area (Å²) < 4.78 is 6.14. The maximum atomic E-state index is 6.14. The zero-order chi connectivity index (χ0) is 13.8. The summed E-state index contributed by atoms with van der Waals surface area (Å²) in [5.41, 5.74) is 1.69. The van der Waals surface area contributed by atoms with E-state index in [2.05, 4.69) is 46.3 Å². The number of rotatable bonds is 4. The van der Waals surface area contributed by atoms with Crippen LogP contribution < -0.4 is 0 Å². The molecule has 2 aliphatic rings. The molecule has 2 heteroatoms. The van der Waals surface area contributed by atoms with Crippen molar-refractivity contribution >= 4 is 15.9 Å².